The predicted octanol–water partition coefficient (Wildman–Crippen LogP) is 3.65. The molecular formula is C20H22F2N2. The Hall–Kier alpha value is -2.04. The zero-order valence-electron chi connectivity index (χ0n) is 13.5. The molecule has 2 aromatic carbocycles. The summed E-state index contributed by atoms with van der Waals surface area (Å²) in [6.45, 7) is 3.28. The lowest BCUT2D eigenvalue weighted by atomic mass is 9.89. The summed E-state index contributed by atoms with van der Waals surface area (Å²) >= 11 is 0. The van der Waals surface area contributed by atoms with Crippen molar-refractivity contribution >= 4 is 6.08 Å². The maximum absolute atomic E-state index is 13.6. The lowest BCUT2D eigenvalue weighted by Crippen LogP contribution is -2.23. The average molecular weight is 328 g/mol. The number of rotatable bonds is 5. The van der Waals surface area contributed by atoms with Gasteiger partial charge in [0.25, 0.3) is 0 Å². The van der Waals surface area contributed by atoms with Gasteiger partial charge in [-0.15, -0.1) is 0 Å². The first-order chi connectivity index (χ1) is 11.7. The van der Waals surface area contributed by atoms with Gasteiger partial charge in [0.1, 0.15) is 11.6 Å². The molecule has 1 fully saturated rings. The van der Waals surface area contributed by atoms with E-state index in [9.17, 15) is 8.78 Å². The van der Waals surface area contributed by atoms with Gasteiger partial charge in [-0.25, -0.2) is 8.78 Å². The quantitative estimate of drug-likeness (QED) is 0.908. The minimum Gasteiger partial charge on any atom is -0.330 e. The first kappa shape index (κ1) is 16.8. The van der Waals surface area contributed by atoms with Crippen LogP contribution in [0.1, 0.15) is 17.0 Å². The van der Waals surface area contributed by atoms with Gasteiger partial charge >= 0.3 is 0 Å². The second-order valence-electron chi connectivity index (χ2n) is 6.30. The highest BCUT2D eigenvalue weighted by molar-refractivity contribution is 5.50. The summed E-state index contributed by atoms with van der Waals surface area (Å²) in [6.07, 6.45) is 3.64. The molecule has 2 N–H and O–H groups in total. The number of hydrogen-bond donors (Lipinski definition) is 1. The van der Waals surface area contributed by atoms with Gasteiger partial charge in [-0.05, 0) is 30.2 Å². The second kappa shape index (κ2) is 7.69. The largest absolute Gasteiger partial charge is 0.330 e. The Labute approximate surface area is 141 Å². The van der Waals surface area contributed by atoms with Crippen LogP contribution in [-0.4, -0.2) is 31.1 Å². The normalized spacial score (nSPS) is 21.6. The molecule has 0 bridgehead atoms. The van der Waals surface area contributed by atoms with E-state index in [2.05, 4.69) is 29.2 Å². The molecule has 0 saturated carbocycles. The maximum Gasteiger partial charge on any atom is 0.133 e. The monoisotopic (exact) mass is 328 g/mol. The summed E-state index contributed by atoms with van der Waals surface area (Å²) in [5.74, 6) is -0.217. The molecule has 0 radical (unpaired) electrons. The highest BCUT2D eigenvalue weighted by Crippen LogP contribution is 2.31. The number of halogens is 2. The number of benzene rings is 2. The molecule has 126 valence electrons. The van der Waals surface area contributed by atoms with Crippen molar-refractivity contribution in [1.29, 1.82) is 0 Å². The molecule has 2 nitrogen and oxygen atoms in total. The molecule has 3 rings (SSSR count). The third-order valence-corrected chi connectivity index (χ3v) is 4.67. The molecule has 0 unspecified atom stereocenters. The summed E-state index contributed by atoms with van der Waals surface area (Å²) < 4.78 is 26.5. The predicted molar refractivity (Wildman–Crippen MR) is 93.6 cm³/mol. The molecule has 1 saturated heterocycles. The first-order valence-corrected chi connectivity index (χ1v) is 8.26. The summed E-state index contributed by atoms with van der Waals surface area (Å²) in [4.78, 5) is 2.33. The van der Waals surface area contributed by atoms with Crippen molar-refractivity contribution in [3.05, 3.63) is 77.4 Å². The topological polar surface area (TPSA) is 29.3 Å². The van der Waals surface area contributed by atoms with E-state index >= 15 is 0 Å². The van der Waals surface area contributed by atoms with Crippen LogP contribution in [0.2, 0.25) is 0 Å². The van der Waals surface area contributed by atoms with E-state index in [-0.39, 0.29) is 0 Å². The van der Waals surface area contributed by atoms with Gasteiger partial charge in [-0.1, -0.05) is 42.5 Å². The maximum atomic E-state index is 13.6. The van der Waals surface area contributed by atoms with Gasteiger partial charge in [-0.3, -0.25) is 4.90 Å². The van der Waals surface area contributed by atoms with Crippen LogP contribution in [0.15, 0.2) is 54.6 Å². The van der Waals surface area contributed by atoms with Crippen molar-refractivity contribution in [2.24, 2.45) is 11.7 Å². The van der Waals surface area contributed by atoms with Crippen molar-refractivity contribution < 1.29 is 8.78 Å². The van der Waals surface area contributed by atoms with Crippen molar-refractivity contribution in [1.82, 2.24) is 4.90 Å². The van der Waals surface area contributed by atoms with Crippen molar-refractivity contribution in [2.45, 2.75) is 5.92 Å². The van der Waals surface area contributed by atoms with Gasteiger partial charge in [-0.2, -0.15) is 0 Å². The molecule has 1 aliphatic heterocycles. The van der Waals surface area contributed by atoms with Gasteiger partial charge in [0.15, 0.2) is 0 Å². The third kappa shape index (κ3) is 3.89. The van der Waals surface area contributed by atoms with E-state index in [0.717, 1.165) is 25.7 Å². The van der Waals surface area contributed by atoms with Crippen LogP contribution < -0.4 is 5.73 Å². The standard InChI is InChI=1S/C20H22F2N2/c21-18-9-8-16(20(22)11-18)7-4-10-24-13-17(12-23)19(14-24)15-5-2-1-3-6-15/h1-9,11,17,19H,10,12-14,23H2/b7-4+/t17-,19+/m1/s1. The lowest BCUT2D eigenvalue weighted by Gasteiger charge is -2.16. The molecule has 0 aromatic heterocycles. The summed E-state index contributed by atoms with van der Waals surface area (Å²) in [5, 5.41) is 0. The number of hydrogen-bond acceptors (Lipinski definition) is 2. The molecule has 1 heterocycles. The van der Waals surface area contributed by atoms with Crippen LogP contribution in [0.25, 0.3) is 6.08 Å². The fraction of sp³-hybridized carbons (Fsp3) is 0.300. The number of nitrogens with zero attached hydrogens (tertiary/aromatic N) is 1. The van der Waals surface area contributed by atoms with Crippen LogP contribution >= 0.6 is 0 Å². The van der Waals surface area contributed by atoms with E-state index in [1.54, 1.807) is 6.08 Å². The van der Waals surface area contributed by atoms with E-state index in [4.69, 9.17) is 5.73 Å². The van der Waals surface area contributed by atoms with Crippen LogP contribution in [0, 0.1) is 17.6 Å². The fourth-order valence-electron chi connectivity index (χ4n) is 3.39. The molecule has 24 heavy (non-hydrogen) atoms. The minimum absolute atomic E-state index is 0.408. The lowest BCUT2D eigenvalue weighted by molar-refractivity contribution is 0.360. The molecule has 2 atom stereocenters. The van der Waals surface area contributed by atoms with E-state index in [0.29, 0.717) is 23.9 Å². The minimum atomic E-state index is -0.555. The summed E-state index contributed by atoms with van der Waals surface area (Å²) in [6, 6.07) is 14.1. The zero-order chi connectivity index (χ0) is 16.9. The molecule has 1 aliphatic rings. The fourth-order valence-corrected chi connectivity index (χ4v) is 3.39. The van der Waals surface area contributed by atoms with Gasteiger partial charge in [0.2, 0.25) is 0 Å². The highest BCUT2D eigenvalue weighted by atomic mass is 19.1. The van der Waals surface area contributed by atoms with Crippen LogP contribution in [0.3, 0.4) is 0 Å². The summed E-state index contributed by atoms with van der Waals surface area (Å²) in [5.41, 5.74) is 7.68. The molecule has 2 aromatic rings. The Bertz CT molecular complexity index is 700. The Morgan fingerprint density at radius 3 is 2.58 bits per heavy atom. The second-order valence-corrected chi connectivity index (χ2v) is 6.30. The summed E-state index contributed by atoms with van der Waals surface area (Å²) in [7, 11) is 0. The van der Waals surface area contributed by atoms with E-state index < -0.39 is 11.6 Å². The van der Waals surface area contributed by atoms with Crippen LogP contribution in [0.5, 0.6) is 0 Å². The molecular weight excluding hydrogens is 306 g/mol. The van der Waals surface area contributed by atoms with Gasteiger partial charge < -0.3 is 5.73 Å². The SMILES string of the molecule is NC[C@@H]1CN(C/C=C/c2ccc(F)cc2F)C[C@H]1c1ccccc1. The molecule has 0 spiro atoms. The first-order valence-electron chi connectivity index (χ1n) is 8.26. The van der Waals surface area contributed by atoms with Gasteiger partial charge in [0, 0.05) is 37.2 Å². The Kier molecular flexibility index (Phi) is 5.38. The smallest absolute Gasteiger partial charge is 0.133 e. The van der Waals surface area contributed by atoms with Crippen LogP contribution in [-0.2, 0) is 0 Å². The third-order valence-electron chi connectivity index (χ3n) is 4.67. The average Bonchev–Trinajstić information content (AvgIpc) is 3.01. The Balaban J connectivity index is 1.63. The van der Waals surface area contributed by atoms with Gasteiger partial charge in [0.05, 0.1) is 0 Å². The number of nitrogens with two attached hydrogens (primary N) is 1. The van der Waals surface area contributed by atoms with Crippen LogP contribution in [0.4, 0.5) is 8.78 Å². The zero-order valence-corrected chi connectivity index (χ0v) is 13.5. The molecule has 4 heteroatoms. The van der Waals surface area contributed by atoms with Crippen molar-refractivity contribution in [2.75, 3.05) is 26.2 Å². The number of likely N-dealkylation sites (tertiary alicyclic amines) is 1. The van der Waals surface area contributed by atoms with E-state index in [1.165, 1.54) is 17.7 Å². The molecule has 0 amide bonds. The Morgan fingerprint density at radius 2 is 1.88 bits per heavy atom. The highest BCUT2D eigenvalue weighted by Gasteiger charge is 2.31. The van der Waals surface area contributed by atoms with Crippen molar-refractivity contribution in [3.8, 4) is 0 Å². The van der Waals surface area contributed by atoms with E-state index in [1.807, 2.05) is 12.1 Å². The van der Waals surface area contributed by atoms with Crippen molar-refractivity contribution in [3.63, 3.8) is 0 Å². The Morgan fingerprint density at radius 1 is 1.08 bits per heavy atom. The molecule has 0 aliphatic carbocycles.